The highest BCUT2D eigenvalue weighted by Crippen LogP contribution is 2.35. The zero-order chi connectivity index (χ0) is 29.4. The van der Waals surface area contributed by atoms with Crippen LogP contribution in [0.4, 0.5) is 10.1 Å². The molecule has 214 valence electrons. The average Bonchev–Trinajstić information content (AvgIpc) is 3.40. The van der Waals surface area contributed by atoms with Crippen molar-refractivity contribution < 1.29 is 21.0 Å². The molecule has 1 amide bonds. The predicted molar refractivity (Wildman–Crippen MR) is 158 cm³/mol. The number of hydrogen-bond acceptors (Lipinski definition) is 7. The van der Waals surface area contributed by atoms with Gasteiger partial charge in [-0.25, -0.2) is 18.4 Å². The number of pyridine rings is 2. The van der Waals surface area contributed by atoms with E-state index in [-0.39, 0.29) is 42.1 Å². The van der Waals surface area contributed by atoms with Gasteiger partial charge in [0.05, 0.1) is 34.3 Å². The minimum Gasteiger partial charge on any atom is -0.453 e. The number of ether oxygens (including phenoxy) is 1. The van der Waals surface area contributed by atoms with Gasteiger partial charge in [0.25, 0.3) is 0 Å². The van der Waals surface area contributed by atoms with Crippen LogP contribution in [0.1, 0.15) is 34.8 Å². The summed E-state index contributed by atoms with van der Waals surface area (Å²) < 4.78 is 45.0. The van der Waals surface area contributed by atoms with Gasteiger partial charge in [0, 0.05) is 26.8 Å². The molecule has 0 spiro atoms. The van der Waals surface area contributed by atoms with E-state index in [2.05, 4.69) is 20.4 Å². The molecule has 0 bridgehead atoms. The molecule has 1 atom stereocenters. The van der Waals surface area contributed by atoms with Crippen molar-refractivity contribution >= 4 is 32.2 Å². The lowest BCUT2D eigenvalue weighted by Gasteiger charge is -2.18. The first-order valence-corrected chi connectivity index (χ1v) is 14.4. The number of nitrogens with zero attached hydrogens (tertiary/aromatic N) is 4. The number of nitrogens with one attached hydrogen (secondary N) is 2. The third-order valence-corrected chi connectivity index (χ3v) is 8.10. The highest BCUT2D eigenvalue weighted by atomic mass is 32.2. The molecule has 0 fully saturated rings. The molecular formula is C30H33FN6O3S. The summed E-state index contributed by atoms with van der Waals surface area (Å²) in [5.41, 5.74) is 1.85. The van der Waals surface area contributed by atoms with Crippen LogP contribution < -0.4 is 10.1 Å². The largest absolute Gasteiger partial charge is 0.453 e. The number of benzene rings is 2. The van der Waals surface area contributed by atoms with E-state index in [1.165, 1.54) is 18.5 Å². The lowest BCUT2D eigenvalue weighted by molar-refractivity contribution is -0.115. The van der Waals surface area contributed by atoms with E-state index in [9.17, 15) is 9.00 Å². The van der Waals surface area contributed by atoms with Crippen LogP contribution in [-0.4, -0.2) is 29.9 Å². The molecule has 5 aromatic rings. The van der Waals surface area contributed by atoms with E-state index >= 15 is 4.39 Å². The predicted octanol–water partition coefficient (Wildman–Crippen LogP) is 6.96. The standard InChI is InChI=1S/C30H29FN6O3S.2H2/c1-19-13-20(15-27(38)36-21-17-35-37(18-21)30(2,3)4)14-24(31)29(19)40-26-10-12-33-25-9-8-22(16-23(25)26)41(32,39)28-7-5-6-11-34-28;;/h5-14,16-18,32H,15H2,1-4H3,(H,36,38);2*1H. The van der Waals surface area contributed by atoms with E-state index in [0.29, 0.717) is 27.7 Å². The van der Waals surface area contributed by atoms with Gasteiger partial charge in [-0.15, -0.1) is 0 Å². The molecule has 0 saturated carbocycles. The second-order valence-electron chi connectivity index (χ2n) is 10.6. The second kappa shape index (κ2) is 10.7. The second-order valence-corrected chi connectivity index (χ2v) is 12.6. The Kier molecular flexibility index (Phi) is 7.31. The maximum atomic E-state index is 15.3. The molecule has 0 aliphatic heterocycles. The van der Waals surface area contributed by atoms with Crippen LogP contribution in [0.3, 0.4) is 0 Å². The molecule has 0 radical (unpaired) electrons. The first-order valence-electron chi connectivity index (χ1n) is 12.8. The third-order valence-electron chi connectivity index (χ3n) is 6.36. The Morgan fingerprint density at radius 1 is 1.12 bits per heavy atom. The number of aryl methyl sites for hydroxylation is 1. The molecule has 2 N–H and O–H groups in total. The van der Waals surface area contributed by atoms with Gasteiger partial charge in [-0.05, 0) is 81.3 Å². The molecule has 0 aliphatic carbocycles. The number of rotatable bonds is 7. The highest BCUT2D eigenvalue weighted by molar-refractivity contribution is 7.92. The van der Waals surface area contributed by atoms with Crippen LogP contribution in [0, 0.1) is 17.5 Å². The van der Waals surface area contributed by atoms with Crippen molar-refractivity contribution in [2.75, 3.05) is 5.32 Å². The van der Waals surface area contributed by atoms with Crippen LogP contribution in [-0.2, 0) is 26.5 Å². The fourth-order valence-corrected chi connectivity index (χ4v) is 5.56. The Labute approximate surface area is 240 Å². The SMILES string of the molecule is Cc1cc(CC(=O)Nc2cnn(C(C)(C)C)c2)cc(F)c1Oc1ccnc2ccc(S(=N)(=O)c3ccccn3)cc12.[HH].[HH]. The topological polar surface area (TPSA) is 123 Å². The Bertz CT molecular complexity index is 1850. The molecule has 0 aliphatic rings. The third kappa shape index (κ3) is 5.94. The van der Waals surface area contributed by atoms with Crippen LogP contribution in [0.15, 0.2) is 89.3 Å². The molecular weight excluding hydrogens is 543 g/mol. The van der Waals surface area contributed by atoms with Crippen molar-refractivity contribution in [1.29, 1.82) is 4.78 Å². The number of fused-ring (bicyclic) bond motifs is 1. The smallest absolute Gasteiger partial charge is 0.228 e. The summed E-state index contributed by atoms with van der Waals surface area (Å²) in [7, 11) is -3.39. The van der Waals surface area contributed by atoms with E-state index in [0.717, 1.165) is 0 Å². The van der Waals surface area contributed by atoms with Gasteiger partial charge in [-0.3, -0.25) is 14.5 Å². The first-order chi connectivity index (χ1) is 19.4. The normalized spacial score (nSPS) is 13.1. The summed E-state index contributed by atoms with van der Waals surface area (Å²) in [4.78, 5) is 21.3. The maximum absolute atomic E-state index is 15.3. The van der Waals surface area contributed by atoms with E-state index in [1.807, 2.05) is 20.8 Å². The number of aromatic nitrogens is 4. The average molecular weight is 577 g/mol. The maximum Gasteiger partial charge on any atom is 0.228 e. The number of carbonyl (C=O) groups is 1. The molecule has 11 heteroatoms. The summed E-state index contributed by atoms with van der Waals surface area (Å²) in [6, 6.07) is 14.2. The Morgan fingerprint density at radius 3 is 2.61 bits per heavy atom. The van der Waals surface area contributed by atoms with Gasteiger partial charge in [-0.2, -0.15) is 5.10 Å². The minimum absolute atomic E-state index is 0. The Balaban J connectivity index is 0.00000253. The van der Waals surface area contributed by atoms with Gasteiger partial charge in [0.15, 0.2) is 11.6 Å². The highest BCUT2D eigenvalue weighted by Gasteiger charge is 2.19. The van der Waals surface area contributed by atoms with Crippen molar-refractivity contribution in [1.82, 2.24) is 19.7 Å². The fraction of sp³-hybridized carbons (Fsp3) is 0.200. The van der Waals surface area contributed by atoms with Crippen molar-refractivity contribution in [2.45, 2.75) is 49.6 Å². The van der Waals surface area contributed by atoms with Gasteiger partial charge in [-0.1, -0.05) is 12.1 Å². The summed E-state index contributed by atoms with van der Waals surface area (Å²) in [6.45, 7) is 7.71. The number of halogens is 1. The zero-order valence-corrected chi connectivity index (χ0v) is 23.8. The van der Waals surface area contributed by atoms with E-state index < -0.39 is 15.5 Å². The quantitative estimate of drug-likeness (QED) is 0.216. The Morgan fingerprint density at radius 2 is 1.93 bits per heavy atom. The Hall–Kier alpha value is -4.64. The number of amides is 1. The molecule has 41 heavy (non-hydrogen) atoms. The van der Waals surface area contributed by atoms with E-state index in [4.69, 9.17) is 9.52 Å². The zero-order valence-electron chi connectivity index (χ0n) is 23.0. The van der Waals surface area contributed by atoms with Crippen molar-refractivity contribution in [3.63, 3.8) is 0 Å². The first kappa shape index (κ1) is 27.9. The van der Waals surface area contributed by atoms with Crippen LogP contribution in [0.5, 0.6) is 11.5 Å². The fourth-order valence-electron chi connectivity index (χ4n) is 4.29. The van der Waals surface area contributed by atoms with Crippen LogP contribution in [0.2, 0.25) is 0 Å². The molecule has 3 heterocycles. The molecule has 9 nitrogen and oxygen atoms in total. The van der Waals surface area contributed by atoms with Gasteiger partial charge < -0.3 is 10.1 Å². The van der Waals surface area contributed by atoms with Gasteiger partial charge in [0.1, 0.15) is 20.5 Å². The molecule has 5 rings (SSSR count). The molecule has 1 unspecified atom stereocenters. The summed E-state index contributed by atoms with van der Waals surface area (Å²) in [5, 5.41) is 7.68. The lowest BCUT2D eigenvalue weighted by atomic mass is 10.1. The van der Waals surface area contributed by atoms with Crippen molar-refractivity contribution in [3.8, 4) is 11.5 Å². The molecule has 2 aromatic carbocycles. The number of carbonyl (C=O) groups excluding carboxylic acids is 1. The van der Waals surface area contributed by atoms with Crippen LogP contribution >= 0.6 is 0 Å². The summed E-state index contributed by atoms with van der Waals surface area (Å²) in [6.07, 6.45) is 6.31. The number of anilines is 1. The van der Waals surface area contributed by atoms with Gasteiger partial charge >= 0.3 is 0 Å². The summed E-state index contributed by atoms with van der Waals surface area (Å²) >= 11 is 0. The lowest BCUT2D eigenvalue weighted by Crippen LogP contribution is -2.22. The molecule has 3 aromatic heterocycles. The molecule has 0 saturated heterocycles. The van der Waals surface area contributed by atoms with E-state index in [1.54, 1.807) is 72.5 Å². The number of hydrogen-bond donors (Lipinski definition) is 2. The monoisotopic (exact) mass is 576 g/mol. The van der Waals surface area contributed by atoms with Crippen LogP contribution in [0.25, 0.3) is 10.9 Å². The summed E-state index contributed by atoms with van der Waals surface area (Å²) in [5.74, 6) is -0.649. The minimum atomic E-state index is -3.39. The van der Waals surface area contributed by atoms with Gasteiger partial charge in [0.2, 0.25) is 5.91 Å². The van der Waals surface area contributed by atoms with Crippen molar-refractivity contribution in [2.24, 2.45) is 0 Å². The van der Waals surface area contributed by atoms with Crippen molar-refractivity contribution in [3.05, 3.63) is 96.3 Å².